The molecule has 1 aromatic carbocycles. The van der Waals surface area contributed by atoms with Crippen molar-refractivity contribution in [3.63, 3.8) is 0 Å². The predicted octanol–water partition coefficient (Wildman–Crippen LogP) is 2.39. The van der Waals surface area contributed by atoms with Gasteiger partial charge in [0.25, 0.3) is 0 Å². The Morgan fingerprint density at radius 1 is 1.40 bits per heavy atom. The molecular formula is C12H19FN2. The maximum Gasteiger partial charge on any atom is 0.146 e. The Bertz CT molecular complexity index is 299. The van der Waals surface area contributed by atoms with Crippen molar-refractivity contribution < 1.29 is 4.39 Å². The summed E-state index contributed by atoms with van der Waals surface area (Å²) in [4.78, 5) is 1.93. The molecule has 15 heavy (non-hydrogen) atoms. The Morgan fingerprint density at radius 3 is 2.67 bits per heavy atom. The fourth-order valence-corrected chi connectivity index (χ4v) is 1.53. The van der Waals surface area contributed by atoms with Crippen molar-refractivity contribution in [2.45, 2.75) is 25.8 Å². The van der Waals surface area contributed by atoms with Crippen LogP contribution in [-0.2, 0) is 0 Å². The van der Waals surface area contributed by atoms with Crippen LogP contribution in [0.3, 0.4) is 0 Å². The van der Waals surface area contributed by atoms with E-state index in [1.165, 1.54) is 6.07 Å². The summed E-state index contributed by atoms with van der Waals surface area (Å²) in [6.07, 6.45) is 1.96. The predicted molar refractivity (Wildman–Crippen MR) is 62.6 cm³/mol. The summed E-state index contributed by atoms with van der Waals surface area (Å²) < 4.78 is 13.4. The smallest absolute Gasteiger partial charge is 0.146 e. The zero-order chi connectivity index (χ0) is 11.3. The number of hydrogen-bond donors (Lipinski definition) is 1. The average Bonchev–Trinajstić information content (AvgIpc) is 2.17. The van der Waals surface area contributed by atoms with Gasteiger partial charge in [0.2, 0.25) is 0 Å². The Labute approximate surface area is 90.9 Å². The van der Waals surface area contributed by atoms with Gasteiger partial charge in [0.15, 0.2) is 0 Å². The Balaban J connectivity index is 2.47. The van der Waals surface area contributed by atoms with Crippen molar-refractivity contribution >= 4 is 5.69 Å². The standard InChI is InChI=1S/C12H19FN2/c1-10(14)6-5-9-15(2)12-8-4-3-7-11(12)13/h3-4,7-8,10H,5-6,9,14H2,1-2H3. The van der Waals surface area contributed by atoms with Crippen LogP contribution in [0.1, 0.15) is 19.8 Å². The number of nitrogens with two attached hydrogens (primary N) is 1. The molecule has 0 spiro atoms. The van der Waals surface area contributed by atoms with Gasteiger partial charge >= 0.3 is 0 Å². The number of nitrogens with zero attached hydrogens (tertiary/aromatic N) is 1. The molecule has 1 rings (SSSR count). The SMILES string of the molecule is CC(N)CCCN(C)c1ccccc1F. The molecule has 0 aromatic heterocycles. The number of benzene rings is 1. The molecule has 1 aromatic rings. The van der Waals surface area contributed by atoms with Gasteiger partial charge in [0, 0.05) is 19.6 Å². The van der Waals surface area contributed by atoms with Gasteiger partial charge in [-0.05, 0) is 31.9 Å². The number of anilines is 1. The summed E-state index contributed by atoms with van der Waals surface area (Å²) in [5, 5.41) is 0. The fourth-order valence-electron chi connectivity index (χ4n) is 1.53. The van der Waals surface area contributed by atoms with Crippen LogP contribution in [0.25, 0.3) is 0 Å². The Kier molecular flexibility index (Phi) is 4.56. The molecule has 0 radical (unpaired) electrons. The Morgan fingerprint density at radius 2 is 2.07 bits per heavy atom. The maximum atomic E-state index is 13.4. The van der Waals surface area contributed by atoms with E-state index in [9.17, 15) is 4.39 Å². The molecule has 0 saturated carbocycles. The summed E-state index contributed by atoms with van der Waals surface area (Å²) >= 11 is 0. The zero-order valence-corrected chi connectivity index (χ0v) is 9.41. The van der Waals surface area contributed by atoms with E-state index in [-0.39, 0.29) is 11.9 Å². The molecule has 0 aliphatic heterocycles. The summed E-state index contributed by atoms with van der Waals surface area (Å²) in [5.41, 5.74) is 6.31. The first-order valence-corrected chi connectivity index (χ1v) is 5.32. The van der Waals surface area contributed by atoms with Crippen molar-refractivity contribution in [3.05, 3.63) is 30.1 Å². The second-order valence-corrected chi connectivity index (χ2v) is 3.99. The highest BCUT2D eigenvalue weighted by atomic mass is 19.1. The molecule has 0 aliphatic carbocycles. The van der Waals surface area contributed by atoms with E-state index < -0.39 is 0 Å². The third-order valence-electron chi connectivity index (χ3n) is 2.42. The summed E-state index contributed by atoms with van der Waals surface area (Å²) in [6, 6.07) is 7.05. The molecule has 0 amide bonds. The molecule has 0 saturated heterocycles. The minimum absolute atomic E-state index is 0.166. The highest BCUT2D eigenvalue weighted by molar-refractivity contribution is 5.46. The first kappa shape index (κ1) is 12.0. The average molecular weight is 210 g/mol. The second-order valence-electron chi connectivity index (χ2n) is 3.99. The van der Waals surface area contributed by atoms with Gasteiger partial charge in [0.1, 0.15) is 5.82 Å². The molecular weight excluding hydrogens is 191 g/mol. The number of halogens is 1. The van der Waals surface area contributed by atoms with Crippen molar-refractivity contribution in [2.24, 2.45) is 5.73 Å². The highest BCUT2D eigenvalue weighted by Gasteiger charge is 2.05. The van der Waals surface area contributed by atoms with Gasteiger partial charge < -0.3 is 10.6 Å². The van der Waals surface area contributed by atoms with Crippen LogP contribution < -0.4 is 10.6 Å². The minimum atomic E-state index is -0.166. The lowest BCUT2D eigenvalue weighted by Gasteiger charge is -2.20. The third-order valence-corrected chi connectivity index (χ3v) is 2.42. The molecule has 3 heteroatoms. The number of hydrogen-bond acceptors (Lipinski definition) is 2. The zero-order valence-electron chi connectivity index (χ0n) is 9.41. The van der Waals surface area contributed by atoms with Gasteiger partial charge in [-0.15, -0.1) is 0 Å². The number of rotatable bonds is 5. The normalized spacial score (nSPS) is 12.5. The van der Waals surface area contributed by atoms with E-state index in [0.717, 1.165) is 19.4 Å². The van der Waals surface area contributed by atoms with Gasteiger partial charge in [0.05, 0.1) is 5.69 Å². The highest BCUT2D eigenvalue weighted by Crippen LogP contribution is 2.17. The maximum absolute atomic E-state index is 13.4. The molecule has 0 fully saturated rings. The van der Waals surface area contributed by atoms with Crippen LogP contribution in [0.4, 0.5) is 10.1 Å². The van der Waals surface area contributed by atoms with Gasteiger partial charge in [-0.3, -0.25) is 0 Å². The topological polar surface area (TPSA) is 29.3 Å². The third kappa shape index (κ3) is 3.88. The van der Waals surface area contributed by atoms with E-state index in [0.29, 0.717) is 5.69 Å². The summed E-state index contributed by atoms with van der Waals surface area (Å²) in [5.74, 6) is -0.166. The lowest BCUT2D eigenvalue weighted by Crippen LogP contribution is -2.22. The monoisotopic (exact) mass is 210 g/mol. The van der Waals surface area contributed by atoms with Crippen molar-refractivity contribution in [1.82, 2.24) is 0 Å². The first-order chi connectivity index (χ1) is 7.11. The van der Waals surface area contributed by atoms with E-state index in [1.807, 2.05) is 24.9 Å². The van der Waals surface area contributed by atoms with Crippen molar-refractivity contribution in [3.8, 4) is 0 Å². The largest absolute Gasteiger partial charge is 0.372 e. The Hall–Kier alpha value is -1.09. The molecule has 1 atom stereocenters. The van der Waals surface area contributed by atoms with Crippen LogP contribution in [0.15, 0.2) is 24.3 Å². The summed E-state index contributed by atoms with van der Waals surface area (Å²) in [6.45, 7) is 2.82. The van der Waals surface area contributed by atoms with Crippen LogP contribution in [0.5, 0.6) is 0 Å². The lowest BCUT2D eigenvalue weighted by molar-refractivity contribution is 0.602. The molecule has 0 bridgehead atoms. The van der Waals surface area contributed by atoms with Crippen molar-refractivity contribution in [1.29, 1.82) is 0 Å². The van der Waals surface area contributed by atoms with E-state index in [1.54, 1.807) is 12.1 Å². The van der Waals surface area contributed by atoms with E-state index in [4.69, 9.17) is 5.73 Å². The molecule has 0 aliphatic rings. The molecule has 0 heterocycles. The minimum Gasteiger partial charge on any atom is -0.372 e. The first-order valence-electron chi connectivity index (χ1n) is 5.32. The van der Waals surface area contributed by atoms with Crippen molar-refractivity contribution in [2.75, 3.05) is 18.5 Å². The summed E-state index contributed by atoms with van der Waals surface area (Å²) in [7, 11) is 1.90. The molecule has 2 N–H and O–H groups in total. The van der Waals surface area contributed by atoms with Gasteiger partial charge in [-0.1, -0.05) is 12.1 Å². The molecule has 2 nitrogen and oxygen atoms in total. The van der Waals surface area contributed by atoms with Crippen LogP contribution in [-0.4, -0.2) is 19.6 Å². The van der Waals surface area contributed by atoms with Crippen LogP contribution in [0, 0.1) is 5.82 Å². The van der Waals surface area contributed by atoms with Crippen LogP contribution >= 0.6 is 0 Å². The van der Waals surface area contributed by atoms with Crippen LogP contribution in [0.2, 0.25) is 0 Å². The molecule has 1 unspecified atom stereocenters. The quantitative estimate of drug-likeness (QED) is 0.808. The second kappa shape index (κ2) is 5.71. The number of para-hydroxylation sites is 1. The molecule has 84 valence electrons. The van der Waals surface area contributed by atoms with E-state index >= 15 is 0 Å². The fraction of sp³-hybridized carbons (Fsp3) is 0.500. The van der Waals surface area contributed by atoms with Gasteiger partial charge in [-0.25, -0.2) is 4.39 Å². The van der Waals surface area contributed by atoms with Gasteiger partial charge in [-0.2, -0.15) is 0 Å². The van der Waals surface area contributed by atoms with E-state index in [2.05, 4.69) is 0 Å². The lowest BCUT2D eigenvalue weighted by atomic mass is 10.2.